The standard InChI is InChI=1S/C12H20O/c1-5-6-7-8-9-10-11-13-12(2,3)4/h10-11H,5-7H2,1-4H3/b11-10-. The van der Waals surface area contributed by atoms with E-state index in [4.69, 9.17) is 4.74 Å². The lowest BCUT2D eigenvalue weighted by molar-refractivity contribution is 0.0768. The number of hydrogen-bond donors (Lipinski definition) is 0. The van der Waals surface area contributed by atoms with E-state index in [2.05, 4.69) is 18.8 Å². The monoisotopic (exact) mass is 180 g/mol. The molecule has 0 N–H and O–H groups in total. The topological polar surface area (TPSA) is 9.23 Å². The van der Waals surface area contributed by atoms with Crippen molar-refractivity contribution in [2.24, 2.45) is 0 Å². The van der Waals surface area contributed by atoms with Crippen LogP contribution in [0.1, 0.15) is 47.0 Å². The predicted octanol–water partition coefficient (Wildman–Crippen LogP) is 3.51. The SMILES string of the molecule is CCCCC#C/C=C\OC(C)(C)C. The first-order chi connectivity index (χ1) is 6.06. The fourth-order valence-corrected chi connectivity index (χ4v) is 0.668. The van der Waals surface area contributed by atoms with Crippen molar-refractivity contribution in [1.29, 1.82) is 0 Å². The molecule has 0 bridgehead atoms. The maximum Gasteiger partial charge on any atom is 0.0998 e. The summed E-state index contributed by atoms with van der Waals surface area (Å²) in [6.07, 6.45) is 6.80. The first-order valence-corrected chi connectivity index (χ1v) is 4.87. The molecule has 0 atom stereocenters. The highest BCUT2D eigenvalue weighted by Crippen LogP contribution is 2.06. The molecule has 0 saturated carbocycles. The van der Waals surface area contributed by atoms with Crippen molar-refractivity contribution in [3.63, 3.8) is 0 Å². The van der Waals surface area contributed by atoms with Gasteiger partial charge in [0.15, 0.2) is 0 Å². The van der Waals surface area contributed by atoms with Gasteiger partial charge in [0.25, 0.3) is 0 Å². The Balaban J connectivity index is 3.55. The molecule has 74 valence electrons. The van der Waals surface area contributed by atoms with Crippen LogP contribution in [0.4, 0.5) is 0 Å². The van der Waals surface area contributed by atoms with Crippen molar-refractivity contribution in [3.8, 4) is 11.8 Å². The number of hydrogen-bond acceptors (Lipinski definition) is 1. The molecule has 0 unspecified atom stereocenters. The summed E-state index contributed by atoms with van der Waals surface area (Å²) < 4.78 is 5.35. The summed E-state index contributed by atoms with van der Waals surface area (Å²) in [7, 11) is 0. The normalized spacial score (nSPS) is 11.1. The highest BCUT2D eigenvalue weighted by atomic mass is 16.5. The Morgan fingerprint density at radius 3 is 2.54 bits per heavy atom. The first-order valence-electron chi connectivity index (χ1n) is 4.87. The van der Waals surface area contributed by atoms with Gasteiger partial charge >= 0.3 is 0 Å². The molecule has 13 heavy (non-hydrogen) atoms. The van der Waals surface area contributed by atoms with Gasteiger partial charge in [0.05, 0.1) is 11.9 Å². The van der Waals surface area contributed by atoms with Crippen LogP contribution < -0.4 is 0 Å². The Bertz CT molecular complexity index is 197. The number of ether oxygens (including phenoxy) is 1. The Morgan fingerprint density at radius 1 is 1.31 bits per heavy atom. The van der Waals surface area contributed by atoms with Crippen LogP contribution in [0, 0.1) is 11.8 Å². The van der Waals surface area contributed by atoms with Gasteiger partial charge in [-0.05, 0) is 27.2 Å². The lowest BCUT2D eigenvalue weighted by atomic mass is 10.2. The van der Waals surface area contributed by atoms with Gasteiger partial charge in [0, 0.05) is 12.5 Å². The second-order valence-electron chi connectivity index (χ2n) is 3.96. The minimum atomic E-state index is -0.110. The average Bonchev–Trinajstić information content (AvgIpc) is 2.01. The predicted molar refractivity (Wildman–Crippen MR) is 57.3 cm³/mol. The van der Waals surface area contributed by atoms with E-state index in [1.54, 1.807) is 12.3 Å². The fraction of sp³-hybridized carbons (Fsp3) is 0.667. The van der Waals surface area contributed by atoms with Crippen LogP contribution in [0.5, 0.6) is 0 Å². The molecule has 0 rings (SSSR count). The van der Waals surface area contributed by atoms with Crippen molar-refractivity contribution < 1.29 is 4.74 Å². The van der Waals surface area contributed by atoms with Gasteiger partial charge in [-0.2, -0.15) is 0 Å². The van der Waals surface area contributed by atoms with Crippen molar-refractivity contribution >= 4 is 0 Å². The second kappa shape index (κ2) is 6.60. The van der Waals surface area contributed by atoms with E-state index in [0.717, 1.165) is 6.42 Å². The van der Waals surface area contributed by atoms with E-state index >= 15 is 0 Å². The van der Waals surface area contributed by atoms with Crippen LogP contribution in [-0.4, -0.2) is 5.60 Å². The Morgan fingerprint density at radius 2 is 2.00 bits per heavy atom. The maximum atomic E-state index is 5.35. The number of unbranched alkanes of at least 4 members (excludes halogenated alkanes) is 2. The van der Waals surface area contributed by atoms with Crippen LogP contribution in [0.2, 0.25) is 0 Å². The fourth-order valence-electron chi connectivity index (χ4n) is 0.668. The van der Waals surface area contributed by atoms with Crippen LogP contribution >= 0.6 is 0 Å². The molecule has 1 nitrogen and oxygen atoms in total. The van der Waals surface area contributed by atoms with Crippen molar-refractivity contribution in [3.05, 3.63) is 12.3 Å². The molecular formula is C12H20O. The quantitative estimate of drug-likeness (QED) is 0.367. The highest BCUT2D eigenvalue weighted by molar-refractivity contribution is 5.13. The number of rotatable bonds is 3. The van der Waals surface area contributed by atoms with E-state index in [1.165, 1.54) is 12.8 Å². The van der Waals surface area contributed by atoms with E-state index in [0.29, 0.717) is 0 Å². The Kier molecular flexibility index (Phi) is 6.14. The van der Waals surface area contributed by atoms with Gasteiger partial charge in [0.1, 0.15) is 0 Å². The van der Waals surface area contributed by atoms with Gasteiger partial charge < -0.3 is 4.74 Å². The molecule has 0 aliphatic rings. The molecule has 0 aromatic carbocycles. The smallest absolute Gasteiger partial charge is 0.0998 e. The third-order valence-corrected chi connectivity index (χ3v) is 1.33. The van der Waals surface area contributed by atoms with Gasteiger partial charge in [-0.25, -0.2) is 0 Å². The molecule has 0 saturated heterocycles. The van der Waals surface area contributed by atoms with Crippen molar-refractivity contribution in [1.82, 2.24) is 0 Å². The maximum absolute atomic E-state index is 5.35. The molecular weight excluding hydrogens is 160 g/mol. The molecule has 0 aliphatic heterocycles. The van der Waals surface area contributed by atoms with Gasteiger partial charge in [-0.15, -0.1) is 0 Å². The van der Waals surface area contributed by atoms with Crippen LogP contribution in [0.3, 0.4) is 0 Å². The lowest BCUT2D eigenvalue weighted by Crippen LogP contribution is -2.15. The third-order valence-electron chi connectivity index (χ3n) is 1.33. The zero-order valence-corrected chi connectivity index (χ0v) is 9.18. The van der Waals surface area contributed by atoms with Crippen LogP contribution in [0.15, 0.2) is 12.3 Å². The Hall–Kier alpha value is -0.900. The third kappa shape index (κ3) is 11.1. The van der Waals surface area contributed by atoms with Gasteiger partial charge in [-0.3, -0.25) is 0 Å². The summed E-state index contributed by atoms with van der Waals surface area (Å²) in [5, 5.41) is 0. The molecule has 0 aromatic rings. The van der Waals surface area contributed by atoms with Crippen LogP contribution in [0.25, 0.3) is 0 Å². The second-order valence-corrected chi connectivity index (χ2v) is 3.96. The van der Waals surface area contributed by atoms with Crippen LogP contribution in [-0.2, 0) is 4.74 Å². The van der Waals surface area contributed by atoms with E-state index in [1.807, 2.05) is 20.8 Å². The summed E-state index contributed by atoms with van der Waals surface area (Å²) in [5.74, 6) is 5.99. The summed E-state index contributed by atoms with van der Waals surface area (Å²) in [6.45, 7) is 8.21. The van der Waals surface area contributed by atoms with E-state index in [9.17, 15) is 0 Å². The minimum Gasteiger partial charge on any atom is -0.495 e. The molecule has 0 aromatic heterocycles. The summed E-state index contributed by atoms with van der Waals surface area (Å²) in [4.78, 5) is 0. The van der Waals surface area contributed by atoms with Gasteiger partial charge in [0.2, 0.25) is 0 Å². The zero-order chi connectivity index (χ0) is 10.2. The molecule has 0 heterocycles. The molecule has 0 spiro atoms. The highest BCUT2D eigenvalue weighted by Gasteiger charge is 2.06. The number of allylic oxidation sites excluding steroid dienone is 1. The molecule has 0 radical (unpaired) electrons. The Labute approximate surface area is 82.2 Å². The summed E-state index contributed by atoms with van der Waals surface area (Å²) in [5.41, 5.74) is -0.110. The average molecular weight is 180 g/mol. The van der Waals surface area contributed by atoms with Gasteiger partial charge in [-0.1, -0.05) is 25.2 Å². The summed E-state index contributed by atoms with van der Waals surface area (Å²) >= 11 is 0. The molecule has 0 aliphatic carbocycles. The minimum absolute atomic E-state index is 0.110. The molecule has 0 fully saturated rings. The summed E-state index contributed by atoms with van der Waals surface area (Å²) in [6, 6.07) is 0. The lowest BCUT2D eigenvalue weighted by Gasteiger charge is -2.16. The van der Waals surface area contributed by atoms with Crippen molar-refractivity contribution in [2.45, 2.75) is 52.6 Å². The largest absolute Gasteiger partial charge is 0.495 e. The van der Waals surface area contributed by atoms with E-state index < -0.39 is 0 Å². The first kappa shape index (κ1) is 12.1. The molecule has 0 amide bonds. The molecule has 1 heteroatoms. The van der Waals surface area contributed by atoms with Crippen molar-refractivity contribution in [2.75, 3.05) is 0 Å². The van der Waals surface area contributed by atoms with E-state index in [-0.39, 0.29) is 5.60 Å². The zero-order valence-electron chi connectivity index (χ0n) is 9.18.